The van der Waals surface area contributed by atoms with E-state index in [-0.39, 0.29) is 67.5 Å². The largest absolute Gasteiger partial charge is 0.399 e. The summed E-state index contributed by atoms with van der Waals surface area (Å²) in [6.45, 7) is 13.0. The van der Waals surface area contributed by atoms with E-state index < -0.39 is 41.9 Å². The van der Waals surface area contributed by atoms with Crippen LogP contribution in [-0.2, 0) is 23.9 Å². The Hall–Kier alpha value is -4.28. The Labute approximate surface area is 521 Å². The second kappa shape index (κ2) is 41.0. The van der Waals surface area contributed by atoms with Crippen molar-refractivity contribution in [3.05, 3.63) is 86.0 Å². The molecule has 8 rings (SSSR count). The van der Waals surface area contributed by atoms with Gasteiger partial charge in [0.2, 0.25) is 11.8 Å². The van der Waals surface area contributed by atoms with Gasteiger partial charge in [0.1, 0.15) is 60.3 Å². The number of benzene rings is 2. The van der Waals surface area contributed by atoms with Crippen LogP contribution in [0.15, 0.2) is 86.0 Å². The molecule has 0 aliphatic carbocycles. The number of aromatic nitrogens is 4. The third-order valence-electron chi connectivity index (χ3n) is 15.9. The Morgan fingerprint density at radius 2 is 1.13 bits per heavy atom. The van der Waals surface area contributed by atoms with Crippen LogP contribution >= 0.6 is 47.3 Å². The van der Waals surface area contributed by atoms with Crippen molar-refractivity contribution in [3.63, 3.8) is 0 Å². The highest BCUT2D eigenvalue weighted by atomic mass is 35.5. The van der Waals surface area contributed by atoms with Crippen molar-refractivity contribution in [1.29, 1.82) is 0 Å². The third kappa shape index (κ3) is 23.0. The van der Waals surface area contributed by atoms with Crippen LogP contribution in [0.1, 0.15) is 80.6 Å². The first-order valence-corrected chi connectivity index (χ1v) is 32.7. The van der Waals surface area contributed by atoms with Gasteiger partial charge < -0.3 is 51.3 Å². The molecule has 4 aromatic rings. The fraction of sp³-hybridized carbons (Fsp3) is 0.617. The maximum Gasteiger partial charge on any atom is 0.238 e. The summed E-state index contributed by atoms with van der Waals surface area (Å²) in [6, 6.07) is 13.7. The molecule has 4 unspecified atom stereocenters. The van der Waals surface area contributed by atoms with Gasteiger partial charge in [0.25, 0.3) is 0 Å². The Kier molecular flexibility index (Phi) is 37.1. The van der Waals surface area contributed by atoms with Crippen molar-refractivity contribution in [3.8, 4) is 22.3 Å². The molecular weight excluding hydrogens is 1170 g/mol. The zero-order valence-electron chi connectivity index (χ0n) is 50.3. The molecule has 2 aromatic carbocycles. The van der Waals surface area contributed by atoms with Gasteiger partial charge >= 0.3 is 0 Å². The zero-order chi connectivity index (χ0) is 62.5. The summed E-state index contributed by atoms with van der Waals surface area (Å²) in [5.41, 5.74) is 10.4. The Morgan fingerprint density at radius 1 is 0.694 bits per heavy atom. The first-order chi connectivity index (χ1) is 40.4. The number of hydrogen-bond acceptors (Lipinski definition) is 21. The van der Waals surface area contributed by atoms with Crippen molar-refractivity contribution < 1.29 is 53.6 Å². The number of aldehydes is 1. The van der Waals surface area contributed by atoms with Crippen LogP contribution in [-0.4, -0.2) is 198 Å². The number of nitrogens with two attached hydrogens (primary N) is 1. The number of hydrogen-bond donors (Lipinski definition) is 9. The molecule has 4 aliphatic heterocycles. The standard InChI is InChI=1S/C27H39N5O5S.C20H36N2O3S.C10H9N3.CH3Cl.CH3FS.CH4.H2O2/c1-4-5-16-10-21(32(2)14-16)26(36)31-20(25-23(34)22(33)24(35)27(37-25)38-3)13-30-19-8-6-17(7-9-19)18-11-28-15-29-12-18;1-7-8-15-9-17(22(5)10-15)19(24)21-16(11-23)18-13(3)12(2)14(4)20(25-18)26-6;11-10-3-1-8(2-4-10)9-5-12-7-13-6-9;1-2;1-3-2;;1-2/h6-9,11-12,15-16,20-25,27,30,33-35H,4-5,10,13-14H2,1-3H3,(H,31,36);11-18,20H,7-10H2,1-6H3,(H,21,24);1-7H,11H2;1H3;1H3;1H4;1-2H/t16-,20-,21+,22-,23?,24-,25-,27?;12-,13?,14-,15-,16-,17+,18+,20?;;;;;/m11...../s1. The minimum atomic E-state index is -1.39. The number of carbonyl (C=O) groups excluding carboxylic acids is 3. The molecule has 4 aliphatic rings. The van der Waals surface area contributed by atoms with Crippen LogP contribution in [0.2, 0.25) is 0 Å². The number of aliphatic hydroxyl groups excluding tert-OH is 3. The molecule has 0 radical (unpaired) electrons. The lowest BCUT2D eigenvalue weighted by molar-refractivity contribution is -0.204. The van der Waals surface area contributed by atoms with E-state index in [2.05, 4.69) is 91.9 Å². The van der Waals surface area contributed by atoms with Crippen LogP contribution in [0, 0.1) is 29.6 Å². The van der Waals surface area contributed by atoms with Gasteiger partial charge in [-0.1, -0.05) is 79.2 Å². The van der Waals surface area contributed by atoms with Gasteiger partial charge in [0, 0.05) is 91.7 Å². The molecule has 16 atom stereocenters. The Balaban J connectivity index is 0.000000451. The molecular formula is C60H96ClFN10O10S3. The van der Waals surface area contributed by atoms with Crippen molar-refractivity contribution in [2.45, 2.75) is 146 Å². The summed E-state index contributed by atoms with van der Waals surface area (Å²) in [4.78, 5) is 58.3. The molecule has 0 spiro atoms. The number of nitrogen functional groups attached to an aromatic ring is 1. The predicted octanol–water partition coefficient (Wildman–Crippen LogP) is 8.59. The number of rotatable bonds is 18. The van der Waals surface area contributed by atoms with E-state index in [1.807, 2.05) is 68.9 Å². The second-order valence-electron chi connectivity index (χ2n) is 21.4. The van der Waals surface area contributed by atoms with Gasteiger partial charge in [-0.05, 0) is 117 Å². The van der Waals surface area contributed by atoms with Gasteiger partial charge in [-0.15, -0.1) is 35.1 Å². The van der Waals surface area contributed by atoms with Crippen LogP contribution in [0.3, 0.4) is 0 Å². The van der Waals surface area contributed by atoms with Gasteiger partial charge in [0.15, 0.2) is 0 Å². The number of thioether (sulfide) groups is 2. The van der Waals surface area contributed by atoms with Crippen LogP contribution in [0.5, 0.6) is 0 Å². The number of ether oxygens (including phenoxy) is 2. The summed E-state index contributed by atoms with van der Waals surface area (Å²) in [7, 11) is 3.96. The molecule has 4 saturated heterocycles. The topological polar surface area (TPSA) is 291 Å². The number of carbonyl (C=O) groups is 3. The highest BCUT2D eigenvalue weighted by molar-refractivity contribution is 7.99. The van der Waals surface area contributed by atoms with E-state index in [1.165, 1.54) is 37.1 Å². The molecule has 85 heavy (non-hydrogen) atoms. The monoisotopic (exact) mass is 1270 g/mol. The van der Waals surface area contributed by atoms with Crippen molar-refractivity contribution in [1.82, 2.24) is 40.4 Å². The lowest BCUT2D eigenvalue weighted by Gasteiger charge is -2.45. The molecule has 20 nitrogen and oxygen atoms in total. The zero-order valence-corrected chi connectivity index (χ0v) is 53.5. The third-order valence-corrected chi connectivity index (χ3v) is 17.7. The first-order valence-electron chi connectivity index (χ1n) is 28.2. The predicted molar refractivity (Wildman–Crippen MR) is 345 cm³/mol. The second-order valence-corrected chi connectivity index (χ2v) is 23.6. The quantitative estimate of drug-likeness (QED) is 0.0148. The fourth-order valence-corrected chi connectivity index (χ4v) is 12.7. The number of alkyl halides is 1. The Bertz CT molecular complexity index is 2450. The minimum absolute atomic E-state index is 0. The van der Waals surface area contributed by atoms with E-state index >= 15 is 0 Å². The van der Waals surface area contributed by atoms with Crippen LogP contribution < -0.4 is 21.7 Å². The molecule has 0 bridgehead atoms. The number of aliphatic hydroxyl groups is 3. The van der Waals surface area contributed by atoms with E-state index in [0.29, 0.717) is 23.7 Å². The van der Waals surface area contributed by atoms with Gasteiger partial charge in [-0.25, -0.2) is 19.9 Å². The lowest BCUT2D eigenvalue weighted by atomic mass is 9.77. The number of halogens is 2. The molecule has 10 N–H and O–H groups in total. The average Bonchev–Trinajstić information content (AvgIpc) is 4.21. The van der Waals surface area contributed by atoms with Gasteiger partial charge in [-0.3, -0.25) is 29.9 Å². The highest BCUT2D eigenvalue weighted by Crippen LogP contribution is 2.40. The van der Waals surface area contributed by atoms with Gasteiger partial charge in [-0.2, -0.15) is 3.89 Å². The fourth-order valence-electron chi connectivity index (χ4n) is 11.1. The molecule has 478 valence electrons. The molecule has 4 fully saturated rings. The molecule has 2 amide bonds. The van der Waals surface area contributed by atoms with Crippen molar-refractivity contribution in [2.24, 2.45) is 29.6 Å². The smallest absolute Gasteiger partial charge is 0.238 e. The minimum Gasteiger partial charge on any atom is -0.399 e. The van der Waals surface area contributed by atoms with Crippen molar-refractivity contribution >= 4 is 76.7 Å². The number of likely N-dealkylation sites (tertiary alicyclic amines) is 2. The number of nitrogens with zero attached hydrogens (tertiary/aromatic N) is 6. The van der Waals surface area contributed by atoms with Gasteiger partial charge in [0.05, 0.1) is 24.2 Å². The summed E-state index contributed by atoms with van der Waals surface area (Å²) >= 11 is 7.82. The SMILES string of the molecule is C.CCC[C@@H]1C[C@@H](C(=O)N[C@H](C=O)[C@H]2OC(SC)[C@H](C)[C@H](C)C2C)N(C)C1.CCC[C@@H]1C[C@@H](C(=O)N[C@H](CNc2ccc(-c3cncnc3)cc2)[C@H]2OC(SC)[C@H](O)[C@H](O)C2O)N(C)C1.CCl.CSF.Nc1ccc(-c2cncnc2)cc1.OO. The van der Waals surface area contributed by atoms with E-state index in [0.717, 1.165) is 91.5 Å². The molecule has 2 aromatic heterocycles. The summed E-state index contributed by atoms with van der Waals surface area (Å²) in [5, 5.41) is 53.1. The van der Waals surface area contributed by atoms with Crippen LogP contribution in [0.4, 0.5) is 15.3 Å². The highest BCUT2D eigenvalue weighted by Gasteiger charge is 2.48. The number of anilines is 2. The van der Waals surface area contributed by atoms with E-state index in [1.54, 1.807) is 42.8 Å². The Morgan fingerprint density at radius 3 is 1.56 bits per heavy atom. The maximum absolute atomic E-state index is 13.4. The van der Waals surface area contributed by atoms with Crippen molar-refractivity contribution in [2.75, 3.05) is 69.9 Å². The number of likely N-dealkylation sites (N-methyl/N-ethyl adjacent to an activating group) is 2. The molecule has 25 heteroatoms. The normalized spacial score (nSPS) is 27.6. The summed E-state index contributed by atoms with van der Waals surface area (Å²) in [6.07, 6.45) is 18.5. The molecule has 0 saturated carbocycles. The maximum atomic E-state index is 13.4. The average molecular weight is 1270 g/mol. The van der Waals surface area contributed by atoms with E-state index in [9.17, 15) is 33.6 Å². The summed E-state index contributed by atoms with van der Waals surface area (Å²) < 4.78 is 22.5. The first kappa shape index (κ1) is 76.8. The molecule has 6 heterocycles. The lowest BCUT2D eigenvalue weighted by Crippen LogP contribution is -2.64. The van der Waals surface area contributed by atoms with Crippen LogP contribution in [0.25, 0.3) is 22.3 Å². The summed E-state index contributed by atoms with van der Waals surface area (Å²) in [5.74, 6) is 1.96. The van der Waals surface area contributed by atoms with E-state index in [4.69, 9.17) is 25.7 Å². The number of amides is 2. The number of nitrogens with one attached hydrogen (secondary N) is 3.